The molecule has 0 aromatic heterocycles. The van der Waals surface area contributed by atoms with Crippen LogP contribution in [0.15, 0.2) is 0 Å². The first kappa shape index (κ1) is 8.54. The quantitative estimate of drug-likeness (QED) is 0.440. The number of hydrogen-bond acceptors (Lipinski definition) is 1. The van der Waals surface area contributed by atoms with Gasteiger partial charge in [-0.25, -0.2) is 0 Å². The Morgan fingerprint density at radius 1 is 1.12 bits per heavy atom. The molecule has 0 saturated heterocycles. The summed E-state index contributed by atoms with van der Waals surface area (Å²) in [7, 11) is 0. The molecular formula is C5H10Cl2O. The van der Waals surface area contributed by atoms with E-state index in [1.54, 1.807) is 0 Å². The van der Waals surface area contributed by atoms with Crippen molar-refractivity contribution in [3.8, 4) is 0 Å². The number of unbranched alkanes of at least 4 members (excludes halogenated alkanes) is 2. The third kappa shape index (κ3) is 6.54. The smallest absolute Gasteiger partial charge is 0.0682 e. The number of hydrogen-bond donors (Lipinski definition) is 0. The van der Waals surface area contributed by atoms with Crippen LogP contribution in [0.3, 0.4) is 0 Å². The second kappa shape index (κ2) is 7.54. The van der Waals surface area contributed by atoms with Gasteiger partial charge < -0.3 is 0 Å². The molecule has 0 atom stereocenters. The predicted molar refractivity (Wildman–Crippen MR) is 36.4 cm³/mol. The summed E-state index contributed by atoms with van der Waals surface area (Å²) in [4.78, 5) is 0. The van der Waals surface area contributed by atoms with E-state index >= 15 is 0 Å². The average Bonchev–Trinajstić information content (AvgIpc) is 1.81. The summed E-state index contributed by atoms with van der Waals surface area (Å²) in [5.74, 6) is 0.738. The summed E-state index contributed by atoms with van der Waals surface area (Å²) in [6, 6.07) is 0. The van der Waals surface area contributed by atoms with Crippen LogP contribution in [-0.2, 0) is 4.29 Å². The Morgan fingerprint density at radius 3 is 2.38 bits per heavy atom. The van der Waals surface area contributed by atoms with Gasteiger partial charge in [0.05, 0.1) is 18.5 Å². The van der Waals surface area contributed by atoms with Gasteiger partial charge in [-0.15, -0.1) is 11.6 Å². The molecule has 50 valence electrons. The van der Waals surface area contributed by atoms with E-state index in [2.05, 4.69) is 4.29 Å². The van der Waals surface area contributed by atoms with Crippen molar-refractivity contribution in [2.24, 2.45) is 0 Å². The highest BCUT2D eigenvalue weighted by molar-refractivity contribution is 6.17. The predicted octanol–water partition coefficient (Wildman–Crippen LogP) is 2.57. The van der Waals surface area contributed by atoms with Crippen LogP contribution in [0.1, 0.15) is 19.3 Å². The van der Waals surface area contributed by atoms with Gasteiger partial charge in [-0.05, 0) is 19.3 Å². The van der Waals surface area contributed by atoms with E-state index in [1.807, 2.05) is 0 Å². The summed E-state index contributed by atoms with van der Waals surface area (Å²) >= 11 is 10.4. The van der Waals surface area contributed by atoms with E-state index in [-0.39, 0.29) is 0 Å². The van der Waals surface area contributed by atoms with Gasteiger partial charge in [-0.2, -0.15) is 0 Å². The van der Waals surface area contributed by atoms with Gasteiger partial charge in [-0.1, -0.05) is 0 Å². The van der Waals surface area contributed by atoms with Gasteiger partial charge in [0.2, 0.25) is 0 Å². The van der Waals surface area contributed by atoms with Crippen molar-refractivity contribution in [2.45, 2.75) is 19.3 Å². The van der Waals surface area contributed by atoms with E-state index in [1.165, 1.54) is 0 Å². The first-order valence-corrected chi connectivity index (χ1v) is 3.55. The fourth-order valence-corrected chi connectivity index (χ4v) is 0.726. The molecule has 0 aliphatic rings. The molecule has 0 bridgehead atoms. The molecule has 0 radical (unpaired) electrons. The minimum absolute atomic E-state index is 0.637. The summed E-state index contributed by atoms with van der Waals surface area (Å²) in [5, 5.41) is 0. The zero-order chi connectivity index (χ0) is 6.24. The van der Waals surface area contributed by atoms with Crippen LogP contribution in [0.5, 0.6) is 0 Å². The first-order valence-electron chi connectivity index (χ1n) is 2.71. The summed E-state index contributed by atoms with van der Waals surface area (Å²) < 4.78 is 4.32. The Kier molecular flexibility index (Phi) is 8.05. The monoisotopic (exact) mass is 156 g/mol. The molecular weight excluding hydrogens is 147 g/mol. The molecule has 0 amide bonds. The van der Waals surface area contributed by atoms with E-state index in [9.17, 15) is 0 Å². The Labute approximate surface area is 60.1 Å². The second-order valence-electron chi connectivity index (χ2n) is 1.56. The molecule has 0 aliphatic carbocycles. The molecule has 0 saturated carbocycles. The first-order chi connectivity index (χ1) is 3.91. The number of alkyl halides is 1. The maximum atomic E-state index is 5.41. The van der Waals surface area contributed by atoms with Gasteiger partial charge >= 0.3 is 0 Å². The van der Waals surface area contributed by atoms with Crippen LogP contribution in [0.25, 0.3) is 0 Å². The highest BCUT2D eigenvalue weighted by Crippen LogP contribution is 1.97. The van der Waals surface area contributed by atoms with Gasteiger partial charge in [0.25, 0.3) is 0 Å². The van der Waals surface area contributed by atoms with Gasteiger partial charge in [-0.3, -0.25) is 4.29 Å². The van der Waals surface area contributed by atoms with Crippen molar-refractivity contribution in [1.29, 1.82) is 0 Å². The average molecular weight is 157 g/mol. The molecule has 0 rings (SSSR count). The lowest BCUT2D eigenvalue weighted by atomic mass is 10.3. The minimum atomic E-state index is 0.637. The summed E-state index contributed by atoms with van der Waals surface area (Å²) in [5.41, 5.74) is 0. The fourth-order valence-electron chi connectivity index (χ4n) is 0.428. The fraction of sp³-hybridized carbons (Fsp3) is 1.00. The Balaban J connectivity index is 2.53. The zero-order valence-corrected chi connectivity index (χ0v) is 6.21. The SMILES string of the molecule is ClCCCCCOCl. The van der Waals surface area contributed by atoms with Crippen LogP contribution < -0.4 is 0 Å². The molecule has 0 N–H and O–H groups in total. The summed E-state index contributed by atoms with van der Waals surface area (Å²) in [6.07, 6.45) is 3.17. The van der Waals surface area contributed by atoms with Crippen LogP contribution >= 0.6 is 23.5 Å². The van der Waals surface area contributed by atoms with Gasteiger partial charge in [0.15, 0.2) is 0 Å². The molecule has 0 fully saturated rings. The van der Waals surface area contributed by atoms with Crippen molar-refractivity contribution in [3.63, 3.8) is 0 Å². The van der Waals surface area contributed by atoms with Crippen molar-refractivity contribution in [3.05, 3.63) is 0 Å². The van der Waals surface area contributed by atoms with Crippen molar-refractivity contribution in [1.82, 2.24) is 0 Å². The van der Waals surface area contributed by atoms with E-state index in [4.69, 9.17) is 23.5 Å². The summed E-state index contributed by atoms with van der Waals surface area (Å²) in [6.45, 7) is 0.637. The van der Waals surface area contributed by atoms with Crippen LogP contribution in [0, 0.1) is 0 Å². The second-order valence-corrected chi connectivity index (χ2v) is 2.16. The van der Waals surface area contributed by atoms with E-state index in [0.717, 1.165) is 25.1 Å². The topological polar surface area (TPSA) is 9.23 Å². The molecule has 0 aliphatic heterocycles. The molecule has 8 heavy (non-hydrogen) atoms. The molecule has 0 aromatic rings. The standard InChI is InChI=1S/C5H10Cl2O/c6-4-2-1-3-5-8-7/h1-5H2. The van der Waals surface area contributed by atoms with Crippen molar-refractivity contribution in [2.75, 3.05) is 12.5 Å². The lowest BCUT2D eigenvalue weighted by Gasteiger charge is -1.92. The normalized spacial score (nSPS) is 9.75. The van der Waals surface area contributed by atoms with Crippen LogP contribution in [-0.4, -0.2) is 12.5 Å². The highest BCUT2D eigenvalue weighted by atomic mass is 35.5. The van der Waals surface area contributed by atoms with Gasteiger partial charge in [0.1, 0.15) is 0 Å². The lowest BCUT2D eigenvalue weighted by Crippen LogP contribution is -1.84. The number of rotatable bonds is 5. The van der Waals surface area contributed by atoms with Gasteiger partial charge in [0, 0.05) is 5.88 Å². The molecule has 0 heterocycles. The van der Waals surface area contributed by atoms with E-state index < -0.39 is 0 Å². The largest absolute Gasteiger partial charge is 0.279 e. The van der Waals surface area contributed by atoms with Crippen molar-refractivity contribution >= 4 is 23.5 Å². The maximum Gasteiger partial charge on any atom is 0.0682 e. The van der Waals surface area contributed by atoms with Crippen LogP contribution in [0.4, 0.5) is 0 Å². The molecule has 3 heteroatoms. The Morgan fingerprint density at radius 2 is 1.88 bits per heavy atom. The molecule has 0 spiro atoms. The van der Waals surface area contributed by atoms with E-state index in [0.29, 0.717) is 6.61 Å². The van der Waals surface area contributed by atoms with Crippen LogP contribution in [0.2, 0.25) is 0 Å². The lowest BCUT2D eigenvalue weighted by molar-refractivity contribution is 0.337. The Bertz CT molecular complexity index is 35.4. The zero-order valence-electron chi connectivity index (χ0n) is 4.70. The number of halogens is 2. The maximum absolute atomic E-state index is 5.41. The third-order valence-corrected chi connectivity index (χ3v) is 1.28. The Hall–Kier alpha value is 0.540. The highest BCUT2D eigenvalue weighted by Gasteiger charge is 1.85. The van der Waals surface area contributed by atoms with Crippen molar-refractivity contribution < 1.29 is 4.29 Å². The molecule has 0 aromatic carbocycles. The molecule has 0 unspecified atom stereocenters. The minimum Gasteiger partial charge on any atom is -0.279 e. The third-order valence-electron chi connectivity index (χ3n) is 0.855. The molecule has 1 nitrogen and oxygen atoms in total.